The fraction of sp³-hybridized carbons (Fsp3) is 0.278. The molecular weight excluding hydrogens is 278 g/mol. The fourth-order valence-corrected chi connectivity index (χ4v) is 2.15. The van der Waals surface area contributed by atoms with Gasteiger partial charge < -0.3 is 14.8 Å². The predicted octanol–water partition coefficient (Wildman–Crippen LogP) is 3.58. The van der Waals surface area contributed by atoms with Gasteiger partial charge in [-0.25, -0.2) is 0 Å². The molecule has 0 saturated carbocycles. The summed E-state index contributed by atoms with van der Waals surface area (Å²) >= 11 is 0. The van der Waals surface area contributed by atoms with Crippen molar-refractivity contribution in [2.75, 3.05) is 13.7 Å². The topological polar surface area (TPSA) is 47.6 Å². The van der Waals surface area contributed by atoms with E-state index in [1.807, 2.05) is 50.2 Å². The highest BCUT2D eigenvalue weighted by atomic mass is 16.5. The van der Waals surface area contributed by atoms with Crippen molar-refractivity contribution >= 4 is 5.91 Å². The van der Waals surface area contributed by atoms with Gasteiger partial charge in [0.1, 0.15) is 11.5 Å². The minimum Gasteiger partial charge on any atom is -0.497 e. The van der Waals surface area contributed by atoms with E-state index in [1.54, 1.807) is 19.2 Å². The summed E-state index contributed by atoms with van der Waals surface area (Å²) in [5.74, 6) is 1.38. The van der Waals surface area contributed by atoms with Crippen molar-refractivity contribution in [1.29, 1.82) is 0 Å². The molecule has 0 fully saturated rings. The monoisotopic (exact) mass is 299 g/mol. The van der Waals surface area contributed by atoms with E-state index in [2.05, 4.69) is 5.32 Å². The molecule has 0 radical (unpaired) electrons. The maximum absolute atomic E-state index is 12.3. The van der Waals surface area contributed by atoms with Crippen molar-refractivity contribution in [2.24, 2.45) is 0 Å². The minimum absolute atomic E-state index is 0.0887. The molecule has 0 aliphatic rings. The van der Waals surface area contributed by atoms with Crippen LogP contribution in [0.4, 0.5) is 0 Å². The molecule has 2 aromatic carbocycles. The zero-order chi connectivity index (χ0) is 15.9. The van der Waals surface area contributed by atoms with Crippen molar-refractivity contribution in [3.8, 4) is 11.5 Å². The molecule has 0 spiro atoms. The summed E-state index contributed by atoms with van der Waals surface area (Å²) in [7, 11) is 1.63. The zero-order valence-corrected chi connectivity index (χ0v) is 13.1. The molecule has 2 aromatic rings. The largest absolute Gasteiger partial charge is 0.497 e. The van der Waals surface area contributed by atoms with Gasteiger partial charge in [0.2, 0.25) is 0 Å². The van der Waals surface area contributed by atoms with Gasteiger partial charge in [0, 0.05) is 5.56 Å². The maximum atomic E-state index is 12.3. The average Bonchev–Trinajstić information content (AvgIpc) is 2.55. The second kappa shape index (κ2) is 7.50. The number of carbonyl (C=O) groups is 1. The van der Waals surface area contributed by atoms with Crippen LogP contribution in [0.3, 0.4) is 0 Å². The number of rotatable bonds is 6. The third kappa shape index (κ3) is 4.01. The summed E-state index contributed by atoms with van der Waals surface area (Å²) in [6.45, 7) is 4.44. The molecule has 1 amide bonds. The normalized spacial score (nSPS) is 11.6. The van der Waals surface area contributed by atoms with E-state index in [0.29, 0.717) is 17.9 Å². The third-order valence-corrected chi connectivity index (χ3v) is 3.37. The Morgan fingerprint density at radius 1 is 1.14 bits per heavy atom. The lowest BCUT2D eigenvalue weighted by Crippen LogP contribution is -2.26. The van der Waals surface area contributed by atoms with E-state index >= 15 is 0 Å². The average molecular weight is 299 g/mol. The van der Waals surface area contributed by atoms with Gasteiger partial charge in [-0.2, -0.15) is 0 Å². The van der Waals surface area contributed by atoms with Gasteiger partial charge in [0.05, 0.1) is 19.8 Å². The first-order chi connectivity index (χ1) is 10.6. The Morgan fingerprint density at radius 2 is 1.86 bits per heavy atom. The number of hydrogen-bond donors (Lipinski definition) is 1. The van der Waals surface area contributed by atoms with Crippen LogP contribution in [0.15, 0.2) is 48.5 Å². The highest BCUT2D eigenvalue weighted by molar-refractivity contribution is 5.94. The molecule has 0 bridgehead atoms. The van der Waals surface area contributed by atoms with Gasteiger partial charge >= 0.3 is 0 Å². The molecule has 0 aromatic heterocycles. The second-order valence-electron chi connectivity index (χ2n) is 4.93. The molecule has 116 valence electrons. The van der Waals surface area contributed by atoms with Crippen molar-refractivity contribution < 1.29 is 14.3 Å². The summed E-state index contributed by atoms with van der Waals surface area (Å²) in [5.41, 5.74) is 1.61. The SMILES string of the molecule is CCOc1cccc(C(=O)N[C@H](C)c2ccc(OC)cc2)c1. The van der Waals surface area contributed by atoms with Crippen LogP contribution in [-0.4, -0.2) is 19.6 Å². The molecule has 0 unspecified atom stereocenters. The Balaban J connectivity index is 2.05. The molecule has 1 atom stereocenters. The number of ether oxygens (including phenoxy) is 2. The van der Waals surface area contributed by atoms with Crippen LogP contribution in [-0.2, 0) is 0 Å². The van der Waals surface area contributed by atoms with Gasteiger partial charge in [-0.05, 0) is 49.7 Å². The number of hydrogen-bond acceptors (Lipinski definition) is 3. The molecule has 22 heavy (non-hydrogen) atoms. The smallest absolute Gasteiger partial charge is 0.251 e. The summed E-state index contributed by atoms with van der Waals surface area (Å²) in [6.07, 6.45) is 0. The van der Waals surface area contributed by atoms with Gasteiger partial charge in [-0.15, -0.1) is 0 Å². The molecule has 0 aliphatic heterocycles. The Bertz CT molecular complexity index is 622. The van der Waals surface area contributed by atoms with E-state index in [-0.39, 0.29) is 11.9 Å². The van der Waals surface area contributed by atoms with Crippen molar-refractivity contribution in [2.45, 2.75) is 19.9 Å². The summed E-state index contributed by atoms with van der Waals surface area (Å²) < 4.78 is 10.6. The van der Waals surface area contributed by atoms with E-state index in [9.17, 15) is 4.79 Å². The number of carbonyl (C=O) groups excluding carboxylic acids is 1. The predicted molar refractivity (Wildman–Crippen MR) is 86.5 cm³/mol. The number of amides is 1. The molecule has 1 N–H and O–H groups in total. The number of nitrogens with one attached hydrogen (secondary N) is 1. The standard InChI is InChI=1S/C18H21NO3/c1-4-22-17-7-5-6-15(12-17)18(20)19-13(2)14-8-10-16(21-3)11-9-14/h5-13H,4H2,1-3H3,(H,19,20)/t13-/m1/s1. The van der Waals surface area contributed by atoms with E-state index in [1.165, 1.54) is 0 Å². The fourth-order valence-electron chi connectivity index (χ4n) is 2.15. The van der Waals surface area contributed by atoms with E-state index in [0.717, 1.165) is 11.3 Å². The Labute approximate surface area is 131 Å². The van der Waals surface area contributed by atoms with Crippen LogP contribution in [0.5, 0.6) is 11.5 Å². The third-order valence-electron chi connectivity index (χ3n) is 3.37. The van der Waals surface area contributed by atoms with Crippen LogP contribution in [0.2, 0.25) is 0 Å². The van der Waals surface area contributed by atoms with Crippen molar-refractivity contribution in [1.82, 2.24) is 5.32 Å². The molecule has 4 heteroatoms. The van der Waals surface area contributed by atoms with Gasteiger partial charge in [0.25, 0.3) is 5.91 Å². The van der Waals surface area contributed by atoms with Crippen LogP contribution in [0.1, 0.15) is 35.8 Å². The van der Waals surface area contributed by atoms with Crippen LogP contribution >= 0.6 is 0 Å². The Kier molecular flexibility index (Phi) is 5.42. The lowest BCUT2D eigenvalue weighted by molar-refractivity contribution is 0.0939. The summed E-state index contributed by atoms with van der Waals surface area (Å²) in [4.78, 5) is 12.3. The second-order valence-corrected chi connectivity index (χ2v) is 4.93. The first kappa shape index (κ1) is 15.9. The molecular formula is C18H21NO3. The molecule has 4 nitrogen and oxygen atoms in total. The minimum atomic E-state index is -0.120. The lowest BCUT2D eigenvalue weighted by Gasteiger charge is -2.15. The Morgan fingerprint density at radius 3 is 2.50 bits per heavy atom. The lowest BCUT2D eigenvalue weighted by atomic mass is 10.1. The van der Waals surface area contributed by atoms with Crippen LogP contribution < -0.4 is 14.8 Å². The highest BCUT2D eigenvalue weighted by Gasteiger charge is 2.12. The van der Waals surface area contributed by atoms with E-state index < -0.39 is 0 Å². The van der Waals surface area contributed by atoms with E-state index in [4.69, 9.17) is 9.47 Å². The summed E-state index contributed by atoms with van der Waals surface area (Å²) in [6, 6.07) is 14.8. The molecule has 0 aliphatic carbocycles. The Hall–Kier alpha value is -2.49. The highest BCUT2D eigenvalue weighted by Crippen LogP contribution is 2.18. The number of benzene rings is 2. The first-order valence-electron chi connectivity index (χ1n) is 7.31. The summed E-state index contributed by atoms with van der Waals surface area (Å²) in [5, 5.41) is 2.98. The maximum Gasteiger partial charge on any atom is 0.251 e. The van der Waals surface area contributed by atoms with Gasteiger partial charge in [0.15, 0.2) is 0 Å². The quantitative estimate of drug-likeness (QED) is 0.887. The molecule has 0 heterocycles. The van der Waals surface area contributed by atoms with Crippen LogP contribution in [0.25, 0.3) is 0 Å². The zero-order valence-electron chi connectivity index (χ0n) is 13.1. The van der Waals surface area contributed by atoms with Gasteiger partial charge in [-0.1, -0.05) is 18.2 Å². The molecule has 2 rings (SSSR count). The van der Waals surface area contributed by atoms with Crippen molar-refractivity contribution in [3.05, 3.63) is 59.7 Å². The van der Waals surface area contributed by atoms with Crippen molar-refractivity contribution in [3.63, 3.8) is 0 Å². The number of methoxy groups -OCH3 is 1. The first-order valence-corrected chi connectivity index (χ1v) is 7.31. The van der Waals surface area contributed by atoms with Gasteiger partial charge in [-0.3, -0.25) is 4.79 Å². The van der Waals surface area contributed by atoms with Crippen LogP contribution in [0, 0.1) is 0 Å². The molecule has 0 saturated heterocycles.